The van der Waals surface area contributed by atoms with Crippen LogP contribution in [0.2, 0.25) is 0 Å². The van der Waals surface area contributed by atoms with Crippen molar-refractivity contribution in [3.8, 4) is 0 Å². The smallest absolute Gasteiger partial charge is 0.254 e. The molecule has 0 saturated carbocycles. The molecule has 1 aliphatic rings. The number of rotatable bonds is 6. The first-order valence-electron chi connectivity index (χ1n) is 7.77. The lowest BCUT2D eigenvalue weighted by molar-refractivity contribution is -0.856. The SMILES string of the molecule is C[NH+](C)CCNC(=O)c1cc(S(=O)(=O)N2CCOCC2)ccc1F. The summed E-state index contributed by atoms with van der Waals surface area (Å²) in [4.78, 5) is 13.2. The van der Waals surface area contributed by atoms with E-state index in [4.69, 9.17) is 4.74 Å². The van der Waals surface area contributed by atoms with Gasteiger partial charge in [-0.05, 0) is 18.2 Å². The normalized spacial score (nSPS) is 16.3. The number of sulfonamides is 1. The Kier molecular flexibility index (Phi) is 6.27. The maximum Gasteiger partial charge on any atom is 0.254 e. The molecule has 9 heteroatoms. The topological polar surface area (TPSA) is 80.2 Å². The highest BCUT2D eigenvalue weighted by molar-refractivity contribution is 7.89. The van der Waals surface area contributed by atoms with Crippen LogP contribution in [0.3, 0.4) is 0 Å². The number of halogens is 1. The van der Waals surface area contributed by atoms with Crippen molar-refractivity contribution in [2.75, 3.05) is 53.5 Å². The van der Waals surface area contributed by atoms with E-state index >= 15 is 0 Å². The van der Waals surface area contributed by atoms with Crippen molar-refractivity contribution in [1.82, 2.24) is 9.62 Å². The lowest BCUT2D eigenvalue weighted by Crippen LogP contribution is -3.06. The number of nitrogens with zero attached hydrogens (tertiary/aromatic N) is 1. The molecule has 1 amide bonds. The van der Waals surface area contributed by atoms with Crippen molar-refractivity contribution >= 4 is 15.9 Å². The van der Waals surface area contributed by atoms with Gasteiger partial charge in [-0.3, -0.25) is 4.79 Å². The van der Waals surface area contributed by atoms with Gasteiger partial charge >= 0.3 is 0 Å². The summed E-state index contributed by atoms with van der Waals surface area (Å²) in [5.74, 6) is -1.36. The Labute approximate surface area is 141 Å². The van der Waals surface area contributed by atoms with E-state index in [1.165, 1.54) is 10.4 Å². The van der Waals surface area contributed by atoms with Crippen LogP contribution in [0, 0.1) is 5.82 Å². The number of nitrogens with one attached hydrogen (secondary N) is 2. The third kappa shape index (κ3) is 4.50. The molecule has 2 rings (SSSR count). The molecule has 1 aromatic rings. The molecule has 7 nitrogen and oxygen atoms in total. The average molecular weight is 360 g/mol. The fraction of sp³-hybridized carbons (Fsp3) is 0.533. The molecule has 0 radical (unpaired) electrons. The van der Waals surface area contributed by atoms with Gasteiger partial charge in [0.1, 0.15) is 5.82 Å². The third-order valence-corrected chi connectivity index (χ3v) is 5.60. The van der Waals surface area contributed by atoms with Gasteiger partial charge in [0.05, 0.1) is 50.9 Å². The summed E-state index contributed by atoms with van der Waals surface area (Å²) in [7, 11) is 0.0994. The molecule has 24 heavy (non-hydrogen) atoms. The number of carbonyl (C=O) groups is 1. The molecule has 0 aliphatic carbocycles. The summed E-state index contributed by atoms with van der Waals surface area (Å²) in [6, 6.07) is 3.29. The van der Waals surface area contributed by atoms with Crippen LogP contribution < -0.4 is 10.2 Å². The molecule has 0 spiro atoms. The first-order valence-corrected chi connectivity index (χ1v) is 9.21. The van der Waals surface area contributed by atoms with E-state index in [9.17, 15) is 17.6 Å². The van der Waals surface area contributed by atoms with E-state index in [2.05, 4.69) is 5.32 Å². The second-order valence-electron chi connectivity index (χ2n) is 5.87. The lowest BCUT2D eigenvalue weighted by Gasteiger charge is -2.26. The summed E-state index contributed by atoms with van der Waals surface area (Å²) in [5.41, 5.74) is -0.266. The van der Waals surface area contributed by atoms with Crippen LogP contribution in [0.15, 0.2) is 23.1 Å². The van der Waals surface area contributed by atoms with Gasteiger partial charge < -0.3 is 15.0 Å². The summed E-state index contributed by atoms with van der Waals surface area (Å²) < 4.78 is 45.5. The van der Waals surface area contributed by atoms with Crippen molar-refractivity contribution in [2.45, 2.75) is 4.90 Å². The molecular weight excluding hydrogens is 337 g/mol. The minimum Gasteiger partial charge on any atom is -0.379 e. The lowest BCUT2D eigenvalue weighted by atomic mass is 10.2. The zero-order valence-electron chi connectivity index (χ0n) is 13.8. The molecular formula is C15H23FN3O4S+. The Morgan fingerprint density at radius 3 is 2.62 bits per heavy atom. The number of hydrogen-bond donors (Lipinski definition) is 2. The van der Waals surface area contributed by atoms with Gasteiger partial charge in [0.2, 0.25) is 10.0 Å². The van der Waals surface area contributed by atoms with Gasteiger partial charge in [-0.25, -0.2) is 12.8 Å². The summed E-state index contributed by atoms with van der Waals surface area (Å²) in [6.45, 7) is 2.18. The maximum atomic E-state index is 13.9. The monoisotopic (exact) mass is 360 g/mol. The highest BCUT2D eigenvalue weighted by Crippen LogP contribution is 2.20. The highest BCUT2D eigenvalue weighted by Gasteiger charge is 2.27. The molecule has 0 aromatic heterocycles. The van der Waals surface area contributed by atoms with E-state index in [0.29, 0.717) is 26.3 Å². The second kappa shape index (κ2) is 8.02. The number of hydrogen-bond acceptors (Lipinski definition) is 4. The minimum absolute atomic E-state index is 0.0887. The molecule has 1 aromatic carbocycles. The fourth-order valence-electron chi connectivity index (χ4n) is 2.30. The minimum atomic E-state index is -3.77. The summed E-state index contributed by atoms with van der Waals surface area (Å²) in [6.07, 6.45) is 0. The van der Waals surface area contributed by atoms with Gasteiger partial charge in [0, 0.05) is 13.1 Å². The van der Waals surface area contributed by atoms with Crippen molar-refractivity contribution in [3.63, 3.8) is 0 Å². The summed E-state index contributed by atoms with van der Waals surface area (Å²) in [5, 5.41) is 2.60. The van der Waals surface area contributed by atoms with Gasteiger partial charge in [0.25, 0.3) is 5.91 Å². The van der Waals surface area contributed by atoms with Crippen LogP contribution in [-0.2, 0) is 14.8 Å². The molecule has 1 aliphatic heterocycles. The molecule has 0 bridgehead atoms. The fourth-order valence-corrected chi connectivity index (χ4v) is 3.73. The van der Waals surface area contributed by atoms with Crippen LogP contribution in [0.5, 0.6) is 0 Å². The predicted molar refractivity (Wildman–Crippen MR) is 86.0 cm³/mol. The van der Waals surface area contributed by atoms with Gasteiger partial charge in [0.15, 0.2) is 0 Å². The van der Waals surface area contributed by atoms with Crippen LogP contribution >= 0.6 is 0 Å². The van der Waals surface area contributed by atoms with E-state index in [0.717, 1.165) is 17.0 Å². The number of likely N-dealkylation sites (N-methyl/N-ethyl adjacent to an activating group) is 1. The van der Waals surface area contributed by atoms with Crippen LogP contribution in [0.1, 0.15) is 10.4 Å². The number of quaternary nitrogens is 1. The molecule has 0 atom stereocenters. The molecule has 2 N–H and O–H groups in total. The summed E-state index contributed by atoms with van der Waals surface area (Å²) >= 11 is 0. The van der Waals surface area contributed by atoms with Gasteiger partial charge in [-0.15, -0.1) is 0 Å². The van der Waals surface area contributed by atoms with E-state index < -0.39 is 21.7 Å². The molecule has 134 valence electrons. The Morgan fingerprint density at radius 1 is 1.33 bits per heavy atom. The Hall–Kier alpha value is -1.55. The first-order chi connectivity index (χ1) is 11.3. The standard InChI is InChI=1S/C15H22FN3O4S/c1-18(2)6-5-17-15(20)13-11-12(3-4-14(13)16)24(21,22)19-7-9-23-10-8-19/h3-4,11H,5-10H2,1-2H3,(H,17,20)/p+1. The number of benzene rings is 1. The molecule has 1 saturated heterocycles. The van der Waals surface area contributed by atoms with E-state index in [-0.39, 0.29) is 23.5 Å². The van der Waals surface area contributed by atoms with Gasteiger partial charge in [-0.1, -0.05) is 0 Å². The van der Waals surface area contributed by atoms with E-state index in [1.54, 1.807) is 0 Å². The Balaban J connectivity index is 2.19. The van der Waals surface area contributed by atoms with Crippen LogP contribution in [0.4, 0.5) is 4.39 Å². The second-order valence-corrected chi connectivity index (χ2v) is 7.81. The molecule has 1 heterocycles. The predicted octanol–water partition coefficient (Wildman–Crippen LogP) is -1.28. The Morgan fingerprint density at radius 2 is 2.00 bits per heavy atom. The van der Waals surface area contributed by atoms with Gasteiger partial charge in [-0.2, -0.15) is 4.31 Å². The van der Waals surface area contributed by atoms with E-state index in [1.807, 2.05) is 14.1 Å². The van der Waals surface area contributed by atoms with Crippen molar-refractivity contribution < 1.29 is 27.2 Å². The number of carbonyl (C=O) groups excluding carboxylic acids is 1. The van der Waals surface area contributed by atoms with Crippen LogP contribution in [-0.4, -0.2) is 72.1 Å². The quantitative estimate of drug-likeness (QED) is 0.662. The average Bonchev–Trinajstić information content (AvgIpc) is 2.55. The Bertz CT molecular complexity index is 688. The number of morpholine rings is 1. The molecule has 0 unspecified atom stereocenters. The van der Waals surface area contributed by atoms with Crippen LogP contribution in [0.25, 0.3) is 0 Å². The maximum absolute atomic E-state index is 13.9. The highest BCUT2D eigenvalue weighted by atomic mass is 32.2. The number of ether oxygens (including phenoxy) is 1. The van der Waals surface area contributed by atoms with Crippen molar-refractivity contribution in [3.05, 3.63) is 29.6 Å². The third-order valence-electron chi connectivity index (χ3n) is 3.70. The first kappa shape index (κ1) is 18.8. The zero-order chi connectivity index (χ0) is 17.7. The zero-order valence-corrected chi connectivity index (χ0v) is 14.7. The van der Waals surface area contributed by atoms with Crippen molar-refractivity contribution in [2.24, 2.45) is 0 Å². The van der Waals surface area contributed by atoms with Crippen molar-refractivity contribution in [1.29, 1.82) is 0 Å². The largest absolute Gasteiger partial charge is 0.379 e. The number of amides is 1. The molecule has 1 fully saturated rings.